The third-order valence-electron chi connectivity index (χ3n) is 3.97. The molecule has 3 aromatic rings. The van der Waals surface area contributed by atoms with Crippen LogP contribution < -0.4 is 20.1 Å². The highest BCUT2D eigenvalue weighted by molar-refractivity contribution is 7.10. The molecule has 0 radical (unpaired) electrons. The van der Waals surface area contributed by atoms with Gasteiger partial charge in [0.2, 0.25) is 0 Å². The molecular weight excluding hydrogens is 392 g/mol. The average Bonchev–Trinajstić information content (AvgIpc) is 3.45. The van der Waals surface area contributed by atoms with Crippen molar-refractivity contribution in [2.24, 2.45) is 0 Å². The van der Waals surface area contributed by atoms with Gasteiger partial charge in [-0.05, 0) is 47.9 Å². The average molecular weight is 412 g/mol. The number of hydrogen-bond acceptors (Lipinski definition) is 6. The Kier molecular flexibility index (Phi) is 6.70. The molecule has 0 aliphatic rings. The Labute approximate surface area is 171 Å². The van der Waals surface area contributed by atoms with Crippen molar-refractivity contribution in [3.05, 3.63) is 76.0 Å². The SMILES string of the molecule is COc1ccc(C(=O)N/C(=C/c2cccs2)C(=O)NCc2ccco2)cc1OC. The number of furan rings is 1. The largest absolute Gasteiger partial charge is 0.493 e. The number of rotatable bonds is 8. The number of carbonyl (C=O) groups excluding carboxylic acids is 2. The lowest BCUT2D eigenvalue weighted by Crippen LogP contribution is -2.34. The molecular formula is C21H20N2O5S. The lowest BCUT2D eigenvalue weighted by molar-refractivity contribution is -0.118. The minimum absolute atomic E-state index is 0.124. The minimum atomic E-state index is -0.443. The summed E-state index contributed by atoms with van der Waals surface area (Å²) in [7, 11) is 3.01. The fraction of sp³-hybridized carbons (Fsp3) is 0.143. The van der Waals surface area contributed by atoms with Crippen LogP contribution in [0.4, 0.5) is 0 Å². The maximum absolute atomic E-state index is 12.7. The summed E-state index contributed by atoms with van der Waals surface area (Å²) in [4.78, 5) is 26.3. The summed E-state index contributed by atoms with van der Waals surface area (Å²) in [6.45, 7) is 0.208. The molecule has 0 aliphatic heterocycles. The van der Waals surface area contributed by atoms with Crippen molar-refractivity contribution in [2.45, 2.75) is 6.54 Å². The van der Waals surface area contributed by atoms with Gasteiger partial charge < -0.3 is 24.5 Å². The Balaban J connectivity index is 1.79. The van der Waals surface area contributed by atoms with E-state index in [4.69, 9.17) is 13.9 Å². The molecule has 8 heteroatoms. The monoisotopic (exact) mass is 412 g/mol. The molecule has 0 aliphatic carbocycles. The van der Waals surface area contributed by atoms with Gasteiger partial charge >= 0.3 is 0 Å². The fourth-order valence-corrected chi connectivity index (χ4v) is 3.18. The third kappa shape index (κ3) is 5.26. The number of nitrogens with one attached hydrogen (secondary N) is 2. The van der Waals surface area contributed by atoms with Crippen molar-refractivity contribution in [1.82, 2.24) is 10.6 Å². The highest BCUT2D eigenvalue weighted by atomic mass is 32.1. The Bertz CT molecular complexity index is 994. The number of carbonyl (C=O) groups is 2. The van der Waals surface area contributed by atoms with Crippen LogP contribution in [0, 0.1) is 0 Å². The quantitative estimate of drug-likeness (QED) is 0.553. The minimum Gasteiger partial charge on any atom is -0.493 e. The van der Waals surface area contributed by atoms with E-state index in [1.54, 1.807) is 36.4 Å². The molecule has 2 amide bonds. The van der Waals surface area contributed by atoms with Crippen LogP contribution in [0.25, 0.3) is 6.08 Å². The molecule has 0 saturated carbocycles. The van der Waals surface area contributed by atoms with Gasteiger partial charge in [0.1, 0.15) is 11.5 Å². The van der Waals surface area contributed by atoms with Crippen LogP contribution in [-0.2, 0) is 11.3 Å². The summed E-state index contributed by atoms with van der Waals surface area (Å²) in [5.74, 6) is 0.673. The molecule has 0 fully saturated rings. The first-order valence-corrected chi connectivity index (χ1v) is 9.58. The van der Waals surface area contributed by atoms with E-state index in [9.17, 15) is 9.59 Å². The number of thiophene rings is 1. The summed E-state index contributed by atoms with van der Waals surface area (Å²) >= 11 is 1.46. The summed E-state index contributed by atoms with van der Waals surface area (Å²) in [5.41, 5.74) is 0.456. The van der Waals surface area contributed by atoms with E-state index in [0.717, 1.165) is 4.88 Å². The third-order valence-corrected chi connectivity index (χ3v) is 4.79. The summed E-state index contributed by atoms with van der Waals surface area (Å²) in [6, 6.07) is 12.0. The van der Waals surface area contributed by atoms with Gasteiger partial charge in [-0.2, -0.15) is 0 Å². The van der Waals surface area contributed by atoms with E-state index in [0.29, 0.717) is 22.8 Å². The Hall–Kier alpha value is -3.52. The van der Waals surface area contributed by atoms with E-state index in [1.807, 2.05) is 17.5 Å². The van der Waals surface area contributed by atoms with Gasteiger partial charge in [0.15, 0.2) is 11.5 Å². The van der Waals surface area contributed by atoms with Gasteiger partial charge in [-0.3, -0.25) is 9.59 Å². The molecule has 0 spiro atoms. The van der Waals surface area contributed by atoms with Gasteiger partial charge in [-0.15, -0.1) is 11.3 Å². The zero-order chi connectivity index (χ0) is 20.6. The first kappa shape index (κ1) is 20.2. The highest BCUT2D eigenvalue weighted by Gasteiger charge is 2.17. The zero-order valence-corrected chi connectivity index (χ0v) is 16.7. The topological polar surface area (TPSA) is 89.8 Å². The molecule has 0 bridgehead atoms. The van der Waals surface area contributed by atoms with Crippen molar-refractivity contribution in [3.8, 4) is 11.5 Å². The van der Waals surface area contributed by atoms with Crippen LogP contribution in [-0.4, -0.2) is 26.0 Å². The van der Waals surface area contributed by atoms with Crippen LogP contribution in [0.5, 0.6) is 11.5 Å². The van der Waals surface area contributed by atoms with Gasteiger partial charge in [0, 0.05) is 10.4 Å². The van der Waals surface area contributed by atoms with Gasteiger partial charge in [0.05, 0.1) is 27.0 Å². The van der Waals surface area contributed by atoms with Crippen LogP contribution in [0.1, 0.15) is 21.0 Å². The van der Waals surface area contributed by atoms with Crippen molar-refractivity contribution in [2.75, 3.05) is 14.2 Å². The summed E-state index contributed by atoms with van der Waals surface area (Å²) < 4.78 is 15.6. The summed E-state index contributed by atoms with van der Waals surface area (Å²) in [5, 5.41) is 7.31. The molecule has 0 saturated heterocycles. The molecule has 150 valence electrons. The number of benzene rings is 1. The van der Waals surface area contributed by atoms with E-state index in [1.165, 1.54) is 31.8 Å². The van der Waals surface area contributed by atoms with Crippen molar-refractivity contribution < 1.29 is 23.5 Å². The predicted octanol–water partition coefficient (Wildman–Crippen LogP) is 3.45. The molecule has 0 unspecified atom stereocenters. The molecule has 3 rings (SSSR count). The van der Waals surface area contributed by atoms with Crippen LogP contribution in [0.15, 0.2) is 64.2 Å². The van der Waals surface area contributed by atoms with Crippen molar-refractivity contribution in [3.63, 3.8) is 0 Å². The first-order valence-electron chi connectivity index (χ1n) is 8.70. The van der Waals surface area contributed by atoms with Crippen molar-refractivity contribution >= 4 is 29.2 Å². The summed E-state index contributed by atoms with van der Waals surface area (Å²) in [6.07, 6.45) is 3.16. The molecule has 2 aromatic heterocycles. The molecule has 2 N–H and O–H groups in total. The second kappa shape index (κ2) is 9.61. The lowest BCUT2D eigenvalue weighted by Gasteiger charge is -2.12. The first-order chi connectivity index (χ1) is 14.1. The smallest absolute Gasteiger partial charge is 0.268 e. The number of ether oxygens (including phenoxy) is 2. The molecule has 7 nitrogen and oxygen atoms in total. The van der Waals surface area contributed by atoms with E-state index in [-0.39, 0.29) is 12.2 Å². The number of methoxy groups -OCH3 is 2. The van der Waals surface area contributed by atoms with E-state index < -0.39 is 11.8 Å². The Morgan fingerprint density at radius 1 is 1.10 bits per heavy atom. The predicted molar refractivity (Wildman–Crippen MR) is 110 cm³/mol. The van der Waals surface area contributed by atoms with Gasteiger partial charge in [0.25, 0.3) is 11.8 Å². The number of amides is 2. The fourth-order valence-electron chi connectivity index (χ4n) is 2.52. The van der Waals surface area contributed by atoms with E-state index >= 15 is 0 Å². The van der Waals surface area contributed by atoms with Gasteiger partial charge in [-0.1, -0.05) is 6.07 Å². The molecule has 0 atom stereocenters. The molecule has 1 aromatic carbocycles. The van der Waals surface area contributed by atoms with Crippen molar-refractivity contribution in [1.29, 1.82) is 0 Å². The lowest BCUT2D eigenvalue weighted by atomic mass is 10.1. The normalized spacial score (nSPS) is 11.0. The van der Waals surface area contributed by atoms with E-state index in [2.05, 4.69) is 10.6 Å². The zero-order valence-electron chi connectivity index (χ0n) is 15.9. The Morgan fingerprint density at radius 3 is 2.59 bits per heavy atom. The maximum Gasteiger partial charge on any atom is 0.268 e. The maximum atomic E-state index is 12.7. The second-order valence-corrected chi connectivity index (χ2v) is 6.84. The molecule has 2 heterocycles. The standard InChI is InChI=1S/C21H20N2O5S/c1-26-18-8-7-14(11-19(18)27-2)20(24)23-17(12-16-6-4-10-29-16)21(25)22-13-15-5-3-9-28-15/h3-12H,13H2,1-2H3,(H,22,25)(H,23,24)/b17-12+. The van der Waals surface area contributed by atoms with Crippen LogP contribution in [0.2, 0.25) is 0 Å². The van der Waals surface area contributed by atoms with Crippen LogP contribution in [0.3, 0.4) is 0 Å². The van der Waals surface area contributed by atoms with Crippen LogP contribution >= 0.6 is 11.3 Å². The number of hydrogen-bond donors (Lipinski definition) is 2. The highest BCUT2D eigenvalue weighted by Crippen LogP contribution is 2.27. The molecule has 29 heavy (non-hydrogen) atoms. The van der Waals surface area contributed by atoms with Gasteiger partial charge in [-0.25, -0.2) is 0 Å². The second-order valence-electron chi connectivity index (χ2n) is 5.86. The Morgan fingerprint density at radius 2 is 1.93 bits per heavy atom.